The lowest BCUT2D eigenvalue weighted by molar-refractivity contribution is 0.0997. The Morgan fingerprint density at radius 2 is 1.76 bits per heavy atom. The maximum Gasteiger partial charge on any atom is 0.279 e. The number of carbonyl (C=O) groups is 1. The zero-order chi connectivity index (χ0) is 20.2. The van der Waals surface area contributed by atoms with Gasteiger partial charge in [0.15, 0.2) is 4.80 Å². The first-order valence-electron chi connectivity index (χ1n) is 9.28. The highest BCUT2D eigenvalue weighted by Crippen LogP contribution is 2.27. The predicted molar refractivity (Wildman–Crippen MR) is 115 cm³/mol. The molecule has 0 fully saturated rings. The Balaban J connectivity index is 1.71. The molecule has 4 rings (SSSR count). The summed E-state index contributed by atoms with van der Waals surface area (Å²) in [6.45, 7) is 2.71. The van der Waals surface area contributed by atoms with E-state index in [4.69, 9.17) is 9.47 Å². The number of rotatable bonds is 5. The molecule has 6 heteroatoms. The summed E-state index contributed by atoms with van der Waals surface area (Å²) >= 11 is 1.47. The molecule has 5 nitrogen and oxygen atoms in total. The van der Waals surface area contributed by atoms with E-state index in [1.807, 2.05) is 66.1 Å². The molecule has 146 valence electrons. The third-order valence-electron chi connectivity index (χ3n) is 4.46. The zero-order valence-electron chi connectivity index (χ0n) is 16.2. The van der Waals surface area contributed by atoms with Crippen molar-refractivity contribution in [3.05, 3.63) is 83.2 Å². The van der Waals surface area contributed by atoms with Gasteiger partial charge in [0.05, 0.1) is 11.8 Å². The Labute approximate surface area is 172 Å². The number of benzene rings is 3. The van der Waals surface area contributed by atoms with Crippen molar-refractivity contribution in [1.29, 1.82) is 0 Å². The van der Waals surface area contributed by atoms with E-state index in [1.54, 1.807) is 25.3 Å². The standard InChI is InChI=1S/C23H20N2O3S/c1-3-25-21-19(27-2)13-8-14-20(21)29-23(25)24-22(26)16-9-7-12-18(15-16)28-17-10-5-4-6-11-17/h4-15H,3H2,1-2H3. The fourth-order valence-corrected chi connectivity index (χ4v) is 4.22. The quantitative estimate of drug-likeness (QED) is 0.456. The number of aromatic nitrogens is 1. The number of carbonyl (C=O) groups excluding carboxylic acids is 1. The summed E-state index contributed by atoms with van der Waals surface area (Å²) < 4.78 is 14.3. The Morgan fingerprint density at radius 3 is 2.52 bits per heavy atom. The second kappa shape index (κ2) is 8.32. The number of hydrogen-bond acceptors (Lipinski definition) is 4. The number of thiazole rings is 1. The highest BCUT2D eigenvalue weighted by atomic mass is 32.1. The zero-order valence-corrected chi connectivity index (χ0v) is 17.0. The fourth-order valence-electron chi connectivity index (χ4n) is 3.11. The third-order valence-corrected chi connectivity index (χ3v) is 5.50. The van der Waals surface area contributed by atoms with Crippen LogP contribution in [0.2, 0.25) is 0 Å². The minimum Gasteiger partial charge on any atom is -0.495 e. The van der Waals surface area contributed by atoms with Crippen LogP contribution in [0.25, 0.3) is 10.2 Å². The van der Waals surface area contributed by atoms with Gasteiger partial charge in [-0.2, -0.15) is 4.99 Å². The largest absolute Gasteiger partial charge is 0.495 e. The van der Waals surface area contributed by atoms with E-state index in [1.165, 1.54) is 11.3 Å². The molecule has 0 unspecified atom stereocenters. The van der Waals surface area contributed by atoms with E-state index >= 15 is 0 Å². The monoisotopic (exact) mass is 404 g/mol. The van der Waals surface area contributed by atoms with Crippen molar-refractivity contribution in [3.8, 4) is 17.2 Å². The molecule has 0 bridgehead atoms. The van der Waals surface area contributed by atoms with Gasteiger partial charge in [0.25, 0.3) is 5.91 Å². The molecule has 0 aliphatic heterocycles. The third kappa shape index (κ3) is 3.93. The van der Waals surface area contributed by atoms with Crippen molar-refractivity contribution in [2.45, 2.75) is 13.5 Å². The van der Waals surface area contributed by atoms with E-state index in [0.29, 0.717) is 22.7 Å². The van der Waals surface area contributed by atoms with E-state index in [-0.39, 0.29) is 5.91 Å². The van der Waals surface area contributed by atoms with Crippen LogP contribution in [0.5, 0.6) is 17.2 Å². The second-order valence-corrected chi connectivity index (χ2v) is 7.30. The highest BCUT2D eigenvalue weighted by molar-refractivity contribution is 7.16. The Bertz CT molecular complexity index is 1230. The summed E-state index contributed by atoms with van der Waals surface area (Å²) in [6, 6.07) is 22.4. The lowest BCUT2D eigenvalue weighted by atomic mass is 10.2. The summed E-state index contributed by atoms with van der Waals surface area (Å²) in [4.78, 5) is 17.9. The molecule has 3 aromatic carbocycles. The molecule has 0 radical (unpaired) electrons. The Kier molecular flexibility index (Phi) is 5.44. The van der Waals surface area contributed by atoms with Gasteiger partial charge in [0.2, 0.25) is 0 Å². The molecule has 0 aliphatic carbocycles. The molecule has 0 saturated carbocycles. The van der Waals surface area contributed by atoms with Crippen LogP contribution in [0.4, 0.5) is 0 Å². The van der Waals surface area contributed by atoms with Gasteiger partial charge < -0.3 is 14.0 Å². The molecule has 0 saturated heterocycles. The SMILES string of the molecule is CCn1c(=NC(=O)c2cccc(Oc3ccccc3)c2)sc2cccc(OC)c21. The first kappa shape index (κ1) is 19.0. The molecule has 29 heavy (non-hydrogen) atoms. The molecule has 1 amide bonds. The maximum atomic E-state index is 12.9. The number of amides is 1. The van der Waals surface area contributed by atoms with Crippen LogP contribution in [0.3, 0.4) is 0 Å². The first-order chi connectivity index (χ1) is 14.2. The molecular formula is C23H20N2O3S. The van der Waals surface area contributed by atoms with E-state index < -0.39 is 0 Å². The van der Waals surface area contributed by atoms with Gasteiger partial charge in [-0.3, -0.25) is 4.79 Å². The average Bonchev–Trinajstić information content (AvgIpc) is 3.11. The van der Waals surface area contributed by atoms with Gasteiger partial charge >= 0.3 is 0 Å². The normalized spacial score (nSPS) is 11.6. The van der Waals surface area contributed by atoms with Gasteiger partial charge in [-0.15, -0.1) is 0 Å². The summed E-state index contributed by atoms with van der Waals surface area (Å²) in [5, 5.41) is 0. The summed E-state index contributed by atoms with van der Waals surface area (Å²) in [6.07, 6.45) is 0. The summed E-state index contributed by atoms with van der Waals surface area (Å²) in [5.74, 6) is 1.78. The number of hydrogen-bond donors (Lipinski definition) is 0. The van der Waals surface area contributed by atoms with Crippen molar-refractivity contribution in [3.63, 3.8) is 0 Å². The number of ether oxygens (including phenoxy) is 2. The number of fused-ring (bicyclic) bond motifs is 1. The van der Waals surface area contributed by atoms with E-state index in [0.717, 1.165) is 21.7 Å². The highest BCUT2D eigenvalue weighted by Gasteiger charge is 2.12. The molecule has 0 spiro atoms. The van der Waals surface area contributed by atoms with Crippen molar-refractivity contribution in [2.24, 2.45) is 4.99 Å². The Morgan fingerprint density at radius 1 is 1.00 bits per heavy atom. The van der Waals surface area contributed by atoms with Gasteiger partial charge in [-0.1, -0.05) is 41.7 Å². The smallest absolute Gasteiger partial charge is 0.279 e. The van der Waals surface area contributed by atoms with Crippen LogP contribution in [-0.2, 0) is 6.54 Å². The van der Waals surface area contributed by atoms with Crippen molar-refractivity contribution >= 4 is 27.5 Å². The van der Waals surface area contributed by atoms with Gasteiger partial charge in [0.1, 0.15) is 22.8 Å². The minimum atomic E-state index is -0.309. The number of nitrogens with zero attached hydrogens (tertiary/aromatic N) is 2. The summed E-state index contributed by atoms with van der Waals surface area (Å²) in [7, 11) is 1.65. The molecule has 0 N–H and O–H groups in total. The molecule has 4 aromatic rings. The van der Waals surface area contributed by atoms with Crippen molar-refractivity contribution < 1.29 is 14.3 Å². The lowest BCUT2D eigenvalue weighted by Crippen LogP contribution is -2.16. The average molecular weight is 404 g/mol. The molecular weight excluding hydrogens is 384 g/mol. The first-order valence-corrected chi connectivity index (χ1v) is 10.1. The minimum absolute atomic E-state index is 0.309. The maximum absolute atomic E-state index is 12.9. The fraction of sp³-hybridized carbons (Fsp3) is 0.130. The number of methoxy groups -OCH3 is 1. The van der Waals surface area contributed by atoms with Gasteiger partial charge in [0, 0.05) is 12.1 Å². The van der Waals surface area contributed by atoms with Crippen LogP contribution in [0.15, 0.2) is 77.8 Å². The van der Waals surface area contributed by atoms with E-state index in [2.05, 4.69) is 4.99 Å². The molecule has 0 atom stereocenters. The van der Waals surface area contributed by atoms with Crippen LogP contribution < -0.4 is 14.3 Å². The van der Waals surface area contributed by atoms with Crippen LogP contribution in [0, 0.1) is 0 Å². The second-order valence-electron chi connectivity index (χ2n) is 6.30. The van der Waals surface area contributed by atoms with Crippen LogP contribution in [0.1, 0.15) is 17.3 Å². The molecule has 1 aromatic heterocycles. The van der Waals surface area contributed by atoms with Crippen LogP contribution in [-0.4, -0.2) is 17.6 Å². The van der Waals surface area contributed by atoms with Gasteiger partial charge in [-0.25, -0.2) is 0 Å². The topological polar surface area (TPSA) is 52.8 Å². The van der Waals surface area contributed by atoms with Crippen molar-refractivity contribution in [2.75, 3.05) is 7.11 Å². The molecule has 1 heterocycles. The Hall–Kier alpha value is -3.38. The lowest BCUT2D eigenvalue weighted by Gasteiger charge is -2.06. The number of para-hydroxylation sites is 2. The number of aryl methyl sites for hydroxylation is 1. The van der Waals surface area contributed by atoms with Gasteiger partial charge in [-0.05, 0) is 49.4 Å². The van der Waals surface area contributed by atoms with Crippen molar-refractivity contribution in [1.82, 2.24) is 4.57 Å². The van der Waals surface area contributed by atoms with E-state index in [9.17, 15) is 4.79 Å². The predicted octanol–water partition coefficient (Wildman–Crippen LogP) is 5.26. The van der Waals surface area contributed by atoms with Crippen LogP contribution >= 0.6 is 11.3 Å². The summed E-state index contributed by atoms with van der Waals surface area (Å²) in [5.41, 5.74) is 1.43. The molecule has 0 aliphatic rings.